The zero-order chi connectivity index (χ0) is 38.8. The Kier molecular flexibility index (Phi) is 12.2. The molecule has 3 saturated heterocycles. The van der Waals surface area contributed by atoms with Gasteiger partial charge >= 0.3 is 18.4 Å². The van der Waals surface area contributed by atoms with Gasteiger partial charge in [0.05, 0.1) is 28.7 Å². The van der Waals surface area contributed by atoms with Crippen molar-refractivity contribution >= 4 is 40.8 Å². The van der Waals surface area contributed by atoms with E-state index in [9.17, 15) is 40.7 Å². The number of nitrogen functional groups attached to an aromatic ring is 1. The fraction of sp³-hybridized carbons (Fsp3) is 0.595. The van der Waals surface area contributed by atoms with Crippen molar-refractivity contribution in [2.75, 3.05) is 76.5 Å². The summed E-state index contributed by atoms with van der Waals surface area (Å²) in [6, 6.07) is 9.63. The van der Waals surface area contributed by atoms with E-state index < -0.39 is 36.1 Å². The van der Waals surface area contributed by atoms with Crippen LogP contribution in [0.1, 0.15) is 48.8 Å². The lowest BCUT2D eigenvalue weighted by Crippen LogP contribution is -2.55. The van der Waals surface area contributed by atoms with Crippen LogP contribution in [0, 0.1) is 5.92 Å². The molecule has 1 unspecified atom stereocenters. The van der Waals surface area contributed by atoms with Crippen LogP contribution in [0.2, 0.25) is 5.02 Å². The van der Waals surface area contributed by atoms with Crippen molar-refractivity contribution in [3.05, 3.63) is 58.1 Å². The highest BCUT2D eigenvalue weighted by Crippen LogP contribution is 2.39. The summed E-state index contributed by atoms with van der Waals surface area (Å²) in [5, 5.41) is 2.69. The van der Waals surface area contributed by atoms with E-state index in [1.165, 1.54) is 11.0 Å². The van der Waals surface area contributed by atoms with Crippen molar-refractivity contribution in [2.45, 2.75) is 69.4 Å². The number of rotatable bonds is 8. The molecular weight excluding hydrogens is 740 g/mol. The van der Waals surface area contributed by atoms with Gasteiger partial charge in [-0.3, -0.25) is 19.4 Å². The highest BCUT2D eigenvalue weighted by Gasteiger charge is 2.39. The molecule has 10 nitrogen and oxygen atoms in total. The first-order valence-electron chi connectivity index (χ1n) is 18.5. The summed E-state index contributed by atoms with van der Waals surface area (Å²) < 4.78 is 80.2. The smallest absolute Gasteiger partial charge is 0.397 e. The fourth-order valence-electron chi connectivity index (χ4n) is 8.31. The lowest BCUT2D eigenvalue weighted by atomic mass is 9.91. The third kappa shape index (κ3) is 9.72. The summed E-state index contributed by atoms with van der Waals surface area (Å²) >= 11 is 6.13. The fourth-order valence-corrected chi connectivity index (χ4v) is 8.55. The number of piperidine rings is 2. The molecule has 54 heavy (non-hydrogen) atoms. The number of para-hydroxylation sites is 1. The SMILES string of the molecule is Nc1c(Cl)cc(CC(CC(=O)N2CCC(N3CCc4ccccc4NC3=O)CC2)C(=O)N2CCC(N3CCN(CC(F)(F)F)CC3)CC2)cc1C(F)(F)F. The van der Waals surface area contributed by atoms with Gasteiger partial charge in [-0.2, -0.15) is 26.3 Å². The maximum absolute atomic E-state index is 14.1. The van der Waals surface area contributed by atoms with E-state index in [4.69, 9.17) is 17.3 Å². The van der Waals surface area contributed by atoms with Gasteiger partial charge in [-0.15, -0.1) is 0 Å². The summed E-state index contributed by atoms with van der Waals surface area (Å²) in [6.45, 7) is 2.56. The Labute approximate surface area is 315 Å². The number of amides is 4. The molecule has 4 aliphatic heterocycles. The third-order valence-electron chi connectivity index (χ3n) is 11.2. The van der Waals surface area contributed by atoms with Crippen molar-refractivity contribution in [3.8, 4) is 0 Å². The van der Waals surface area contributed by atoms with E-state index in [0.717, 1.165) is 17.3 Å². The number of hydrogen-bond donors (Lipinski definition) is 2. The van der Waals surface area contributed by atoms with Gasteiger partial charge in [0.15, 0.2) is 0 Å². The van der Waals surface area contributed by atoms with Gasteiger partial charge in [-0.1, -0.05) is 29.8 Å². The standard InChI is InChI=1S/C37H46ClF6N7O3/c38-30-21-24(20-29(33(30)45)37(42,43)44)19-26(34(53)50-12-6-27(7-13-50)48-17-15-47(16-18-48)23-36(39,40)41)22-32(52)49-10-8-28(9-11-49)51-14-5-25-3-1-2-4-31(25)46-35(51)54/h1-4,20-21,26-28H,5-19,22-23,45H2,(H,46,54). The average molecular weight is 786 g/mol. The molecule has 0 radical (unpaired) electrons. The highest BCUT2D eigenvalue weighted by atomic mass is 35.5. The molecule has 296 valence electrons. The summed E-state index contributed by atoms with van der Waals surface area (Å²) in [5.41, 5.74) is 5.90. The van der Waals surface area contributed by atoms with Crippen molar-refractivity contribution in [2.24, 2.45) is 5.92 Å². The Morgan fingerprint density at radius 2 is 1.48 bits per heavy atom. The Bertz CT molecular complexity index is 1670. The molecule has 0 saturated carbocycles. The number of anilines is 2. The maximum Gasteiger partial charge on any atom is 0.418 e. The normalized spacial score (nSPS) is 20.7. The number of hydrogen-bond acceptors (Lipinski definition) is 6. The monoisotopic (exact) mass is 785 g/mol. The number of carbonyl (C=O) groups is 3. The first kappa shape index (κ1) is 39.9. The Hall–Kier alpha value is -3.76. The van der Waals surface area contributed by atoms with Crippen molar-refractivity contribution < 1.29 is 40.7 Å². The zero-order valence-corrected chi connectivity index (χ0v) is 30.7. The Morgan fingerprint density at radius 3 is 2.13 bits per heavy atom. The maximum atomic E-state index is 14.1. The van der Waals surface area contributed by atoms with Crippen LogP contribution in [0.5, 0.6) is 0 Å². The topological polar surface area (TPSA) is 105 Å². The van der Waals surface area contributed by atoms with E-state index in [1.807, 2.05) is 29.2 Å². The van der Waals surface area contributed by atoms with Crippen LogP contribution in [0.15, 0.2) is 36.4 Å². The summed E-state index contributed by atoms with van der Waals surface area (Å²) in [4.78, 5) is 49.7. The molecule has 1 atom stereocenters. The van der Waals surface area contributed by atoms with Crippen molar-refractivity contribution in [1.29, 1.82) is 0 Å². The van der Waals surface area contributed by atoms with E-state index in [2.05, 4.69) is 10.2 Å². The number of likely N-dealkylation sites (tertiary alicyclic amines) is 2. The first-order valence-corrected chi connectivity index (χ1v) is 18.8. The third-order valence-corrected chi connectivity index (χ3v) is 11.6. The number of carbonyl (C=O) groups excluding carboxylic acids is 3. The predicted octanol–water partition coefficient (Wildman–Crippen LogP) is 5.74. The van der Waals surface area contributed by atoms with Crippen LogP contribution >= 0.6 is 11.6 Å². The molecule has 0 bridgehead atoms. The number of piperazine rings is 1. The summed E-state index contributed by atoms with van der Waals surface area (Å²) in [5.74, 6) is -1.63. The van der Waals surface area contributed by atoms with E-state index in [0.29, 0.717) is 91.0 Å². The zero-order valence-electron chi connectivity index (χ0n) is 29.9. The molecule has 4 aliphatic rings. The van der Waals surface area contributed by atoms with Gasteiger partial charge in [0.25, 0.3) is 0 Å². The number of benzene rings is 2. The highest BCUT2D eigenvalue weighted by molar-refractivity contribution is 6.33. The van der Waals surface area contributed by atoms with Crippen LogP contribution in [0.4, 0.5) is 42.5 Å². The van der Waals surface area contributed by atoms with Crippen LogP contribution < -0.4 is 11.1 Å². The molecule has 6 rings (SSSR count). The van der Waals surface area contributed by atoms with Gasteiger partial charge in [-0.25, -0.2) is 4.79 Å². The molecule has 17 heteroatoms. The molecule has 0 spiro atoms. The van der Waals surface area contributed by atoms with E-state index in [-0.39, 0.29) is 53.4 Å². The number of fused-ring (bicyclic) bond motifs is 1. The second-order valence-corrected chi connectivity index (χ2v) is 15.2. The van der Waals surface area contributed by atoms with Crippen LogP contribution in [0.3, 0.4) is 0 Å². The van der Waals surface area contributed by atoms with E-state index >= 15 is 0 Å². The molecule has 4 amide bonds. The molecule has 0 aromatic heterocycles. The quantitative estimate of drug-likeness (QED) is 0.262. The number of nitrogens with two attached hydrogens (primary N) is 1. The number of alkyl halides is 6. The van der Waals surface area contributed by atoms with Gasteiger partial charge in [0.2, 0.25) is 11.8 Å². The summed E-state index contributed by atoms with van der Waals surface area (Å²) in [6.07, 6.45) is -6.50. The second-order valence-electron chi connectivity index (χ2n) is 14.8. The lowest BCUT2D eigenvalue weighted by molar-refractivity contribution is -0.150. The molecule has 3 fully saturated rings. The Balaban J connectivity index is 1.10. The molecule has 0 aliphatic carbocycles. The van der Waals surface area contributed by atoms with Gasteiger partial charge in [0.1, 0.15) is 0 Å². The average Bonchev–Trinajstić information content (AvgIpc) is 3.29. The van der Waals surface area contributed by atoms with Gasteiger partial charge in [-0.05, 0) is 67.9 Å². The molecule has 2 aromatic carbocycles. The minimum absolute atomic E-state index is 0.0779. The second kappa shape index (κ2) is 16.5. The van der Waals surface area contributed by atoms with Gasteiger partial charge in [0, 0.05) is 83.1 Å². The first-order chi connectivity index (χ1) is 25.6. The molecule has 4 heterocycles. The lowest BCUT2D eigenvalue weighted by Gasteiger charge is -2.43. The number of nitrogens with zero attached hydrogens (tertiary/aromatic N) is 5. The number of halogens is 7. The predicted molar refractivity (Wildman–Crippen MR) is 192 cm³/mol. The van der Waals surface area contributed by atoms with Crippen LogP contribution in [-0.2, 0) is 28.6 Å². The largest absolute Gasteiger partial charge is 0.418 e. The van der Waals surface area contributed by atoms with Crippen LogP contribution in [-0.4, -0.2) is 126 Å². The number of nitrogens with one attached hydrogen (secondary N) is 1. The number of urea groups is 1. The van der Waals surface area contributed by atoms with Crippen molar-refractivity contribution in [3.63, 3.8) is 0 Å². The minimum Gasteiger partial charge on any atom is -0.397 e. The molecule has 2 aromatic rings. The van der Waals surface area contributed by atoms with Crippen molar-refractivity contribution in [1.82, 2.24) is 24.5 Å². The molecule has 3 N–H and O–H groups in total. The summed E-state index contributed by atoms with van der Waals surface area (Å²) in [7, 11) is 0. The minimum atomic E-state index is -4.78. The molecular formula is C37H46ClF6N7O3. The Morgan fingerprint density at radius 1 is 0.852 bits per heavy atom. The van der Waals surface area contributed by atoms with Gasteiger partial charge < -0.3 is 25.8 Å². The van der Waals surface area contributed by atoms with Crippen LogP contribution in [0.25, 0.3) is 0 Å². The van der Waals surface area contributed by atoms with E-state index in [1.54, 1.807) is 9.80 Å².